The van der Waals surface area contributed by atoms with Gasteiger partial charge in [-0.15, -0.1) is 0 Å². The number of benzene rings is 1. The maximum absolute atomic E-state index is 11.8. The fourth-order valence-electron chi connectivity index (χ4n) is 5.96. The van der Waals surface area contributed by atoms with Crippen LogP contribution in [0.2, 0.25) is 0 Å². The van der Waals surface area contributed by atoms with Gasteiger partial charge < -0.3 is 23.7 Å². The van der Waals surface area contributed by atoms with Gasteiger partial charge in [0.2, 0.25) is 0 Å². The number of esters is 1. The van der Waals surface area contributed by atoms with Gasteiger partial charge in [-0.2, -0.15) is 0 Å². The van der Waals surface area contributed by atoms with Crippen LogP contribution in [0.5, 0.6) is 0 Å². The molecule has 3 rings (SSSR count). The molecule has 1 aromatic carbocycles. The van der Waals surface area contributed by atoms with Crippen LogP contribution in [0.1, 0.15) is 134 Å². The molecule has 0 aliphatic carbocycles. The first-order valence-electron chi connectivity index (χ1n) is 16.5. The van der Waals surface area contributed by atoms with Gasteiger partial charge in [-0.05, 0) is 19.3 Å². The van der Waals surface area contributed by atoms with Crippen LogP contribution in [0.25, 0.3) is 0 Å². The number of rotatable bonds is 22. The lowest BCUT2D eigenvalue weighted by Crippen LogP contribution is -2.37. The molecule has 0 spiro atoms. The normalized spacial score (nSPS) is 23.4. The van der Waals surface area contributed by atoms with Gasteiger partial charge in [0.05, 0.1) is 18.3 Å². The summed E-state index contributed by atoms with van der Waals surface area (Å²) in [7, 11) is 1.69. The van der Waals surface area contributed by atoms with Crippen LogP contribution in [0, 0.1) is 0 Å². The van der Waals surface area contributed by atoms with E-state index in [0.29, 0.717) is 13.2 Å². The molecule has 2 aliphatic heterocycles. The van der Waals surface area contributed by atoms with E-state index in [4.69, 9.17) is 23.7 Å². The Bertz CT molecular complexity index is 827. The van der Waals surface area contributed by atoms with E-state index in [1.807, 2.05) is 36.4 Å². The molecule has 0 amide bonds. The Morgan fingerprint density at radius 1 is 0.829 bits per heavy atom. The lowest BCUT2D eigenvalue weighted by molar-refractivity contribution is -0.254. The fraction of sp³-hybridized carbons (Fsp3) is 0.743. The fourth-order valence-corrected chi connectivity index (χ4v) is 5.96. The molecule has 0 radical (unpaired) electrons. The van der Waals surface area contributed by atoms with Crippen molar-refractivity contribution in [2.75, 3.05) is 13.9 Å². The van der Waals surface area contributed by atoms with Gasteiger partial charge in [0, 0.05) is 38.0 Å². The Morgan fingerprint density at radius 3 is 2.15 bits per heavy atom. The zero-order valence-corrected chi connectivity index (χ0v) is 25.8. The minimum Gasteiger partial charge on any atom is -0.459 e. The lowest BCUT2D eigenvalue weighted by Gasteiger charge is -2.38. The molecule has 2 heterocycles. The highest BCUT2D eigenvalue weighted by molar-refractivity contribution is 5.82. The molecule has 41 heavy (non-hydrogen) atoms. The summed E-state index contributed by atoms with van der Waals surface area (Å²) < 4.78 is 29.7. The van der Waals surface area contributed by atoms with Crippen molar-refractivity contribution in [1.29, 1.82) is 0 Å². The van der Waals surface area contributed by atoms with Gasteiger partial charge in [-0.25, -0.2) is 4.79 Å². The highest BCUT2D eigenvalue weighted by atomic mass is 16.7. The molecule has 1 fully saturated rings. The SMILES string of the molecule is CCCCCCCCCCCCCC[C@@H](CC[C@H]1C[C@@H](C[C@@H]2CC=CC(=O)O2)O[C@@H](c2ccccc2)O1)OCOC. The van der Waals surface area contributed by atoms with Gasteiger partial charge in [0.25, 0.3) is 0 Å². The van der Waals surface area contributed by atoms with Crippen LogP contribution >= 0.6 is 0 Å². The highest BCUT2D eigenvalue weighted by Gasteiger charge is 2.33. The van der Waals surface area contributed by atoms with E-state index < -0.39 is 6.29 Å². The van der Waals surface area contributed by atoms with Crippen LogP contribution < -0.4 is 0 Å². The lowest BCUT2D eigenvalue weighted by atomic mass is 9.96. The topological polar surface area (TPSA) is 63.2 Å². The molecule has 0 unspecified atom stereocenters. The molecule has 6 heteroatoms. The number of unbranched alkanes of at least 4 members (excludes halogenated alkanes) is 11. The van der Waals surface area contributed by atoms with Crippen molar-refractivity contribution < 1.29 is 28.5 Å². The first-order valence-corrected chi connectivity index (χ1v) is 16.5. The maximum Gasteiger partial charge on any atom is 0.330 e. The largest absolute Gasteiger partial charge is 0.459 e. The van der Waals surface area contributed by atoms with Crippen molar-refractivity contribution in [3.8, 4) is 0 Å². The summed E-state index contributed by atoms with van der Waals surface area (Å²) in [6, 6.07) is 10.1. The summed E-state index contributed by atoms with van der Waals surface area (Å²) in [5, 5.41) is 0. The van der Waals surface area contributed by atoms with E-state index in [-0.39, 0.29) is 30.4 Å². The van der Waals surface area contributed by atoms with E-state index in [9.17, 15) is 4.79 Å². The molecule has 0 N–H and O–H groups in total. The third-order valence-corrected chi connectivity index (χ3v) is 8.30. The van der Waals surface area contributed by atoms with Crippen molar-refractivity contribution in [2.24, 2.45) is 0 Å². The van der Waals surface area contributed by atoms with Gasteiger partial charge in [0.1, 0.15) is 12.9 Å². The zero-order chi connectivity index (χ0) is 29.0. The Balaban J connectivity index is 1.40. The van der Waals surface area contributed by atoms with Crippen LogP contribution in [-0.2, 0) is 28.5 Å². The molecule has 2 aliphatic rings. The van der Waals surface area contributed by atoms with E-state index >= 15 is 0 Å². The second-order valence-corrected chi connectivity index (χ2v) is 11.9. The molecule has 1 saturated heterocycles. The molecule has 0 saturated carbocycles. The Morgan fingerprint density at radius 2 is 1.49 bits per heavy atom. The van der Waals surface area contributed by atoms with Gasteiger partial charge >= 0.3 is 5.97 Å². The van der Waals surface area contributed by atoms with Crippen LogP contribution in [-0.4, -0.2) is 44.3 Å². The van der Waals surface area contributed by atoms with Crippen molar-refractivity contribution in [2.45, 2.75) is 153 Å². The average molecular weight is 573 g/mol. The standard InChI is InChI=1S/C35H56O6/c1-3-4-5-6-7-8-9-10-11-12-13-17-21-30(38-28-37-2)24-25-32-27-33(26-31-22-18-23-34(36)39-31)41-35(40-32)29-19-15-14-16-20-29/h14-16,18-20,23,30-33,35H,3-13,17,21-22,24-28H2,1-2H3/t30-,31-,32-,33+,35-/m0/s1. The summed E-state index contributed by atoms with van der Waals surface area (Å²) in [6.07, 6.45) is 24.4. The van der Waals surface area contributed by atoms with Gasteiger partial charge in [-0.1, -0.05) is 120 Å². The van der Waals surface area contributed by atoms with Crippen molar-refractivity contribution in [1.82, 2.24) is 0 Å². The summed E-state index contributed by atoms with van der Waals surface area (Å²) in [5.41, 5.74) is 1.02. The van der Waals surface area contributed by atoms with E-state index in [2.05, 4.69) is 6.92 Å². The predicted molar refractivity (Wildman–Crippen MR) is 163 cm³/mol. The number of methoxy groups -OCH3 is 1. The molecule has 0 bridgehead atoms. The van der Waals surface area contributed by atoms with Crippen LogP contribution in [0.3, 0.4) is 0 Å². The number of ether oxygens (including phenoxy) is 5. The van der Waals surface area contributed by atoms with E-state index in [0.717, 1.165) is 37.7 Å². The van der Waals surface area contributed by atoms with Crippen LogP contribution in [0.4, 0.5) is 0 Å². The number of carbonyl (C=O) groups excluding carboxylic acids is 1. The van der Waals surface area contributed by atoms with Crippen LogP contribution in [0.15, 0.2) is 42.5 Å². The molecule has 5 atom stereocenters. The summed E-state index contributed by atoms with van der Waals surface area (Å²) >= 11 is 0. The van der Waals surface area contributed by atoms with E-state index in [1.165, 1.54) is 83.1 Å². The third kappa shape index (κ3) is 14.3. The summed E-state index contributed by atoms with van der Waals surface area (Å²) in [5.74, 6) is -0.264. The molecule has 0 aromatic heterocycles. The molecule has 6 nitrogen and oxygen atoms in total. The number of hydrogen-bond acceptors (Lipinski definition) is 6. The minimum absolute atomic E-state index is 0.0297. The van der Waals surface area contributed by atoms with E-state index in [1.54, 1.807) is 7.11 Å². The average Bonchev–Trinajstić information content (AvgIpc) is 2.99. The van der Waals surface area contributed by atoms with Crippen molar-refractivity contribution >= 4 is 5.97 Å². The van der Waals surface area contributed by atoms with Gasteiger partial charge in [-0.3, -0.25) is 0 Å². The molecule has 1 aromatic rings. The Kier molecular flexibility index (Phi) is 17.3. The molecular weight excluding hydrogens is 516 g/mol. The summed E-state index contributed by atoms with van der Waals surface area (Å²) in [4.78, 5) is 11.8. The van der Waals surface area contributed by atoms with Crippen molar-refractivity contribution in [3.05, 3.63) is 48.0 Å². The maximum atomic E-state index is 11.8. The monoisotopic (exact) mass is 572 g/mol. The minimum atomic E-state index is -0.413. The second-order valence-electron chi connectivity index (χ2n) is 11.9. The Labute approximate surface area is 249 Å². The number of hydrogen-bond donors (Lipinski definition) is 0. The zero-order valence-electron chi connectivity index (χ0n) is 25.8. The Hall–Kier alpha value is -1.73. The van der Waals surface area contributed by atoms with Crippen molar-refractivity contribution in [3.63, 3.8) is 0 Å². The first-order chi connectivity index (χ1) is 20.2. The summed E-state index contributed by atoms with van der Waals surface area (Å²) in [6.45, 7) is 2.61. The smallest absolute Gasteiger partial charge is 0.330 e. The highest BCUT2D eigenvalue weighted by Crippen LogP contribution is 2.35. The number of carbonyl (C=O) groups is 1. The third-order valence-electron chi connectivity index (χ3n) is 8.30. The second kappa shape index (κ2) is 21.0. The predicted octanol–water partition coefficient (Wildman–Crippen LogP) is 8.98. The van der Waals surface area contributed by atoms with Gasteiger partial charge in [0.15, 0.2) is 6.29 Å². The molecular formula is C35H56O6. The molecule has 232 valence electrons. The number of cyclic esters (lactones) is 1. The first kappa shape index (κ1) is 33.8. The quantitative estimate of drug-likeness (QED) is 0.0785.